The van der Waals surface area contributed by atoms with Crippen molar-refractivity contribution in [2.24, 2.45) is 0 Å². The van der Waals surface area contributed by atoms with Crippen molar-refractivity contribution >= 4 is 91.0 Å². The lowest BCUT2D eigenvalue weighted by atomic mass is 10.0. The second-order valence-corrected chi connectivity index (χ2v) is 13.0. The normalized spacial score (nSPS) is 11.7. The molecule has 43 heavy (non-hydrogen) atoms. The molecule has 4 heteroatoms. The molecule has 0 saturated heterocycles. The average Bonchev–Trinajstić information content (AvgIpc) is 3.64. The van der Waals surface area contributed by atoms with Crippen molar-refractivity contribution < 1.29 is 0 Å². The van der Waals surface area contributed by atoms with Crippen molar-refractivity contribution in [3.63, 3.8) is 0 Å². The minimum Gasteiger partial charge on any atom is -0.309 e. The number of pyridine rings is 1. The zero-order valence-electron chi connectivity index (χ0n) is 23.1. The molecule has 0 fully saturated rings. The lowest BCUT2D eigenvalue weighted by Crippen LogP contribution is -2.10. The number of hydrogen-bond acceptors (Lipinski definition) is 4. The van der Waals surface area contributed by atoms with Gasteiger partial charge in [-0.2, -0.15) is 0 Å². The first-order chi connectivity index (χ1) is 21.3. The molecule has 0 bridgehead atoms. The summed E-state index contributed by atoms with van der Waals surface area (Å²) in [5.74, 6) is 0. The number of nitrogens with zero attached hydrogens (tertiary/aromatic N) is 2. The van der Waals surface area contributed by atoms with E-state index in [9.17, 15) is 0 Å². The van der Waals surface area contributed by atoms with Gasteiger partial charge in [-0.1, -0.05) is 97.1 Å². The topological polar surface area (TPSA) is 16.1 Å². The maximum Gasteiger partial charge on any atom is 0.0890 e. The minimum absolute atomic E-state index is 1.05. The number of thiophene rings is 2. The standard InChI is InChI=1S/C39H24N2S2/c1-2-8-25(9-3-1)26-14-17-28(18-15-26)41(29-19-21-36-34(22-29)32-12-6-7-13-35(32)42-36)30-23-37-38(40-24-30)33-20-16-27-10-4-5-11-31(27)39(33)43-37/h1-24H. The molecular weight excluding hydrogens is 561 g/mol. The number of rotatable bonds is 4. The van der Waals surface area contributed by atoms with Crippen LogP contribution in [0.25, 0.3) is 62.4 Å². The highest BCUT2D eigenvalue weighted by Crippen LogP contribution is 2.43. The molecule has 0 aliphatic carbocycles. The number of anilines is 3. The predicted molar refractivity (Wildman–Crippen MR) is 188 cm³/mol. The lowest BCUT2D eigenvalue weighted by molar-refractivity contribution is 1.26. The van der Waals surface area contributed by atoms with Gasteiger partial charge < -0.3 is 4.90 Å². The van der Waals surface area contributed by atoms with Crippen LogP contribution in [0.2, 0.25) is 0 Å². The molecule has 0 saturated carbocycles. The summed E-state index contributed by atoms with van der Waals surface area (Å²) < 4.78 is 5.10. The first-order valence-electron chi connectivity index (χ1n) is 14.4. The summed E-state index contributed by atoms with van der Waals surface area (Å²) in [6, 6.07) is 50.3. The molecular formula is C39H24N2S2. The van der Waals surface area contributed by atoms with Gasteiger partial charge in [0.2, 0.25) is 0 Å². The Morgan fingerprint density at radius 3 is 2.05 bits per heavy atom. The van der Waals surface area contributed by atoms with E-state index in [1.54, 1.807) is 0 Å². The predicted octanol–water partition coefficient (Wildman–Crippen LogP) is 12.1. The Bertz CT molecular complexity index is 2450. The molecule has 3 aromatic heterocycles. The van der Waals surface area contributed by atoms with Crippen LogP contribution >= 0.6 is 22.7 Å². The van der Waals surface area contributed by atoms with Gasteiger partial charge in [-0.05, 0) is 64.4 Å². The molecule has 0 unspecified atom stereocenters. The van der Waals surface area contributed by atoms with Crippen LogP contribution < -0.4 is 4.90 Å². The molecule has 9 aromatic rings. The van der Waals surface area contributed by atoms with E-state index in [1.165, 1.54) is 56.9 Å². The maximum atomic E-state index is 5.09. The summed E-state index contributed by atoms with van der Waals surface area (Å²) in [5.41, 5.74) is 6.76. The Balaban J connectivity index is 1.24. The van der Waals surface area contributed by atoms with Crippen LogP contribution in [-0.2, 0) is 0 Å². The fourth-order valence-corrected chi connectivity index (χ4v) is 8.54. The zero-order valence-corrected chi connectivity index (χ0v) is 24.7. The minimum atomic E-state index is 1.05. The van der Waals surface area contributed by atoms with Gasteiger partial charge in [0.25, 0.3) is 0 Å². The fraction of sp³-hybridized carbons (Fsp3) is 0. The van der Waals surface area contributed by atoms with E-state index in [0.717, 1.165) is 22.6 Å². The third-order valence-corrected chi connectivity index (χ3v) is 10.6. The van der Waals surface area contributed by atoms with Crippen molar-refractivity contribution in [3.8, 4) is 11.1 Å². The summed E-state index contributed by atoms with van der Waals surface area (Å²) in [7, 11) is 0. The van der Waals surface area contributed by atoms with E-state index < -0.39 is 0 Å². The highest BCUT2D eigenvalue weighted by molar-refractivity contribution is 7.26. The molecule has 0 amide bonds. The van der Waals surface area contributed by atoms with Crippen LogP contribution in [0.1, 0.15) is 0 Å². The third-order valence-electron chi connectivity index (χ3n) is 8.29. The fourth-order valence-electron chi connectivity index (χ4n) is 6.22. The number of aromatic nitrogens is 1. The van der Waals surface area contributed by atoms with Crippen LogP contribution in [0.5, 0.6) is 0 Å². The highest BCUT2D eigenvalue weighted by atomic mass is 32.1. The molecule has 0 spiro atoms. The van der Waals surface area contributed by atoms with E-state index in [1.807, 2.05) is 28.9 Å². The Kier molecular flexibility index (Phi) is 5.58. The van der Waals surface area contributed by atoms with Crippen molar-refractivity contribution in [1.82, 2.24) is 4.98 Å². The number of benzene rings is 6. The van der Waals surface area contributed by atoms with Gasteiger partial charge in [-0.3, -0.25) is 4.98 Å². The van der Waals surface area contributed by atoms with E-state index in [0.29, 0.717) is 0 Å². The summed E-state index contributed by atoms with van der Waals surface area (Å²) >= 11 is 3.68. The zero-order chi connectivity index (χ0) is 28.3. The molecule has 202 valence electrons. The van der Waals surface area contributed by atoms with Crippen LogP contribution in [0.15, 0.2) is 146 Å². The first-order valence-corrected chi connectivity index (χ1v) is 16.0. The lowest BCUT2D eigenvalue weighted by Gasteiger charge is -2.25. The summed E-state index contributed by atoms with van der Waals surface area (Å²) in [5, 5.41) is 6.35. The molecule has 2 nitrogen and oxygen atoms in total. The SMILES string of the molecule is c1ccc(-c2ccc(N(c3cnc4c(c3)sc3c5ccccc5ccc43)c3ccc4sc5ccccc5c4c3)cc2)cc1. The van der Waals surface area contributed by atoms with Gasteiger partial charge in [0.15, 0.2) is 0 Å². The number of fused-ring (bicyclic) bond motifs is 8. The Morgan fingerprint density at radius 2 is 1.16 bits per heavy atom. The van der Waals surface area contributed by atoms with E-state index >= 15 is 0 Å². The van der Waals surface area contributed by atoms with Gasteiger partial charge in [-0.25, -0.2) is 0 Å². The quantitative estimate of drug-likeness (QED) is 0.205. The Labute approximate surface area is 256 Å². The van der Waals surface area contributed by atoms with E-state index in [4.69, 9.17) is 4.98 Å². The molecule has 3 heterocycles. The second kappa shape index (κ2) is 9.77. The second-order valence-electron chi connectivity index (χ2n) is 10.8. The van der Waals surface area contributed by atoms with Crippen molar-refractivity contribution in [3.05, 3.63) is 146 Å². The van der Waals surface area contributed by atoms with Crippen molar-refractivity contribution in [1.29, 1.82) is 0 Å². The van der Waals surface area contributed by atoms with Crippen molar-refractivity contribution in [2.75, 3.05) is 4.90 Å². The van der Waals surface area contributed by atoms with E-state index in [-0.39, 0.29) is 0 Å². The molecule has 0 aliphatic heterocycles. The molecule has 0 aliphatic rings. The van der Waals surface area contributed by atoms with E-state index in [2.05, 4.69) is 144 Å². The Hall–Kier alpha value is -5.03. The van der Waals surface area contributed by atoms with Crippen LogP contribution in [0, 0.1) is 0 Å². The summed E-state index contributed by atoms with van der Waals surface area (Å²) in [6.07, 6.45) is 2.03. The van der Waals surface area contributed by atoms with Gasteiger partial charge in [0, 0.05) is 41.6 Å². The van der Waals surface area contributed by atoms with Gasteiger partial charge in [0.05, 0.1) is 22.1 Å². The molecule has 0 N–H and O–H groups in total. The maximum absolute atomic E-state index is 5.09. The smallest absolute Gasteiger partial charge is 0.0890 e. The number of hydrogen-bond donors (Lipinski definition) is 0. The van der Waals surface area contributed by atoms with Crippen LogP contribution in [0.3, 0.4) is 0 Å². The van der Waals surface area contributed by atoms with Gasteiger partial charge in [-0.15, -0.1) is 22.7 Å². The van der Waals surface area contributed by atoms with Crippen molar-refractivity contribution in [2.45, 2.75) is 0 Å². The van der Waals surface area contributed by atoms with Gasteiger partial charge in [0.1, 0.15) is 0 Å². The average molecular weight is 585 g/mol. The highest BCUT2D eigenvalue weighted by Gasteiger charge is 2.18. The van der Waals surface area contributed by atoms with Crippen LogP contribution in [0.4, 0.5) is 17.1 Å². The largest absolute Gasteiger partial charge is 0.309 e. The Morgan fingerprint density at radius 1 is 0.442 bits per heavy atom. The summed E-state index contributed by atoms with van der Waals surface area (Å²) in [4.78, 5) is 7.43. The first kappa shape index (κ1) is 24.6. The van der Waals surface area contributed by atoms with Crippen LogP contribution in [-0.4, -0.2) is 4.98 Å². The molecule has 9 rings (SSSR count). The monoisotopic (exact) mass is 584 g/mol. The molecule has 0 atom stereocenters. The molecule has 0 radical (unpaired) electrons. The summed E-state index contributed by atoms with van der Waals surface area (Å²) in [6.45, 7) is 0. The molecule has 6 aromatic carbocycles. The third kappa shape index (κ3) is 4.03. The van der Waals surface area contributed by atoms with Gasteiger partial charge >= 0.3 is 0 Å².